The summed E-state index contributed by atoms with van der Waals surface area (Å²) in [6, 6.07) is 15.8. The number of nitrogens with one attached hydrogen (secondary N) is 1. The van der Waals surface area contributed by atoms with Crippen LogP contribution in [0.15, 0.2) is 53.1 Å². The summed E-state index contributed by atoms with van der Waals surface area (Å²) in [7, 11) is 0. The fourth-order valence-electron chi connectivity index (χ4n) is 6.26. The third-order valence-corrected chi connectivity index (χ3v) is 9.02. The number of urea groups is 1. The van der Waals surface area contributed by atoms with E-state index in [9.17, 15) is 4.79 Å². The number of benzene rings is 2. The van der Waals surface area contributed by atoms with Crippen molar-refractivity contribution in [3.63, 3.8) is 0 Å². The van der Waals surface area contributed by atoms with Crippen LogP contribution in [0.1, 0.15) is 74.8 Å². The average molecular weight is 555 g/mol. The summed E-state index contributed by atoms with van der Waals surface area (Å²) in [4.78, 5) is 15.4. The minimum absolute atomic E-state index is 0.0184. The quantitative estimate of drug-likeness (QED) is 0.324. The van der Waals surface area contributed by atoms with E-state index in [1.54, 1.807) is 0 Å². The highest BCUT2D eigenvalue weighted by atomic mass is 35.5. The molecule has 5 atom stereocenters. The Kier molecular flexibility index (Phi) is 7.14. The van der Waals surface area contributed by atoms with Gasteiger partial charge in [-0.2, -0.15) is 0 Å². The van der Waals surface area contributed by atoms with Crippen molar-refractivity contribution in [1.29, 1.82) is 0 Å². The third kappa shape index (κ3) is 4.94. The molecule has 3 fully saturated rings. The second-order valence-electron chi connectivity index (χ2n) is 11.1. The van der Waals surface area contributed by atoms with Crippen molar-refractivity contribution < 1.29 is 14.1 Å². The normalized spacial score (nSPS) is 25.4. The van der Waals surface area contributed by atoms with E-state index in [1.807, 2.05) is 55.5 Å². The number of carbonyl (C=O) groups excluding carboxylic acids is 1. The molecule has 2 saturated heterocycles. The molecular formula is C30H33Cl2N3O3. The minimum atomic E-state index is -0.0446. The molecule has 8 heteroatoms. The summed E-state index contributed by atoms with van der Waals surface area (Å²) in [6.45, 7) is 4.67. The van der Waals surface area contributed by atoms with Crippen LogP contribution in [0, 0.1) is 5.92 Å². The molecule has 1 aliphatic carbocycles. The van der Waals surface area contributed by atoms with Crippen molar-refractivity contribution in [1.82, 2.24) is 15.4 Å². The maximum absolute atomic E-state index is 13.4. The van der Waals surface area contributed by atoms with Gasteiger partial charge in [0.2, 0.25) is 0 Å². The number of amides is 2. The molecule has 0 spiro atoms. The molecule has 3 aromatic rings. The lowest BCUT2D eigenvalue weighted by atomic mass is 9.97. The summed E-state index contributed by atoms with van der Waals surface area (Å²) >= 11 is 13.0. The van der Waals surface area contributed by atoms with Gasteiger partial charge in [0.25, 0.3) is 0 Å². The summed E-state index contributed by atoms with van der Waals surface area (Å²) in [5.74, 6) is 1.70. The van der Waals surface area contributed by atoms with Gasteiger partial charge in [-0.15, -0.1) is 0 Å². The van der Waals surface area contributed by atoms with Crippen molar-refractivity contribution in [2.75, 3.05) is 0 Å². The number of halogens is 2. The molecule has 0 radical (unpaired) electrons. The van der Waals surface area contributed by atoms with Gasteiger partial charge in [0.1, 0.15) is 11.5 Å². The van der Waals surface area contributed by atoms with E-state index in [0.717, 1.165) is 49.0 Å². The Labute approximate surface area is 233 Å². The summed E-state index contributed by atoms with van der Waals surface area (Å²) in [6.07, 6.45) is 4.88. The van der Waals surface area contributed by atoms with E-state index in [4.69, 9.17) is 32.5 Å². The summed E-state index contributed by atoms with van der Waals surface area (Å²) in [5.41, 5.74) is 3.41. The molecule has 1 aromatic heterocycles. The Hall–Kier alpha value is -2.54. The number of carbonyl (C=O) groups is 1. The van der Waals surface area contributed by atoms with Crippen LogP contribution in [-0.4, -0.2) is 34.3 Å². The maximum atomic E-state index is 13.4. The molecule has 38 heavy (non-hydrogen) atoms. The third-order valence-electron chi connectivity index (χ3n) is 8.39. The number of ether oxygens (including phenoxy) is 1. The standard InChI is InChI=1S/C30H33Cl2N3O3/c1-17-13-21-14-22(15-26(17)35(21)30(36)33-18(2)19-7-4-3-5-8-19)37-16-23-28(34-38-29(23)20-11-12-20)27-24(31)9-6-10-25(27)32/h3-10,17-18,20-22,26H,11-16H2,1-2H3,(H,33,36)/t17-,18-,21?,22+,26?/m1/s1. The number of hydrogen-bond acceptors (Lipinski definition) is 4. The van der Waals surface area contributed by atoms with Crippen molar-refractivity contribution in [2.24, 2.45) is 5.92 Å². The molecule has 2 unspecified atom stereocenters. The first-order valence-electron chi connectivity index (χ1n) is 13.6. The molecule has 6 nitrogen and oxygen atoms in total. The fraction of sp³-hybridized carbons (Fsp3) is 0.467. The van der Waals surface area contributed by atoms with Crippen molar-refractivity contribution >= 4 is 29.2 Å². The van der Waals surface area contributed by atoms with Crippen molar-refractivity contribution in [3.05, 3.63) is 75.5 Å². The largest absolute Gasteiger partial charge is 0.373 e. The first-order chi connectivity index (χ1) is 18.4. The van der Waals surface area contributed by atoms with Gasteiger partial charge in [-0.1, -0.05) is 71.7 Å². The summed E-state index contributed by atoms with van der Waals surface area (Å²) < 4.78 is 12.4. The van der Waals surface area contributed by atoms with Gasteiger partial charge in [-0.25, -0.2) is 4.79 Å². The minimum Gasteiger partial charge on any atom is -0.373 e. The predicted octanol–water partition coefficient (Wildman–Crippen LogP) is 7.75. The van der Waals surface area contributed by atoms with Gasteiger partial charge >= 0.3 is 6.03 Å². The van der Waals surface area contributed by atoms with E-state index in [1.165, 1.54) is 0 Å². The van der Waals surface area contributed by atoms with Crippen LogP contribution in [-0.2, 0) is 11.3 Å². The van der Waals surface area contributed by atoms with Gasteiger partial charge in [-0.3, -0.25) is 0 Å². The maximum Gasteiger partial charge on any atom is 0.318 e. The monoisotopic (exact) mass is 553 g/mol. The number of fused-ring (bicyclic) bond motifs is 2. The molecule has 2 amide bonds. The van der Waals surface area contributed by atoms with E-state index in [2.05, 4.69) is 22.3 Å². The van der Waals surface area contributed by atoms with Crippen LogP contribution in [0.25, 0.3) is 11.3 Å². The highest BCUT2D eigenvalue weighted by molar-refractivity contribution is 6.39. The summed E-state index contributed by atoms with van der Waals surface area (Å²) in [5, 5.41) is 8.70. The first kappa shape index (κ1) is 25.7. The van der Waals surface area contributed by atoms with Crippen molar-refractivity contribution in [2.45, 2.75) is 82.7 Å². The van der Waals surface area contributed by atoms with E-state index < -0.39 is 0 Å². The molecule has 6 rings (SSSR count). The lowest BCUT2D eigenvalue weighted by molar-refractivity contribution is -0.0197. The van der Waals surface area contributed by atoms with Crippen LogP contribution >= 0.6 is 23.2 Å². The lowest BCUT2D eigenvalue weighted by Crippen LogP contribution is -2.53. The molecule has 1 N–H and O–H groups in total. The molecular weight excluding hydrogens is 521 g/mol. The molecule has 3 aliphatic rings. The van der Waals surface area contributed by atoms with Gasteiger partial charge in [0, 0.05) is 29.1 Å². The van der Waals surface area contributed by atoms with Crippen LogP contribution in [0.5, 0.6) is 0 Å². The topological polar surface area (TPSA) is 67.6 Å². The van der Waals surface area contributed by atoms with Crippen molar-refractivity contribution in [3.8, 4) is 11.3 Å². The highest BCUT2D eigenvalue weighted by Crippen LogP contribution is 2.47. The zero-order valence-corrected chi connectivity index (χ0v) is 23.2. The second-order valence-corrected chi connectivity index (χ2v) is 11.9. The lowest BCUT2D eigenvalue weighted by Gasteiger charge is -2.40. The van der Waals surface area contributed by atoms with Gasteiger partial charge in [0.15, 0.2) is 0 Å². The molecule has 2 aromatic carbocycles. The number of piperidine rings is 1. The fourth-order valence-corrected chi connectivity index (χ4v) is 6.83. The van der Waals surface area contributed by atoms with E-state index in [-0.39, 0.29) is 30.3 Å². The molecule has 200 valence electrons. The first-order valence-corrected chi connectivity index (χ1v) is 14.3. The van der Waals surface area contributed by atoms with Gasteiger partial charge in [0.05, 0.1) is 28.8 Å². The highest BCUT2D eigenvalue weighted by Gasteiger charge is 2.48. The van der Waals surface area contributed by atoms with Gasteiger partial charge < -0.3 is 19.5 Å². The Bertz CT molecular complexity index is 1290. The Morgan fingerprint density at radius 2 is 1.84 bits per heavy atom. The predicted molar refractivity (Wildman–Crippen MR) is 148 cm³/mol. The smallest absolute Gasteiger partial charge is 0.318 e. The molecule has 1 saturated carbocycles. The SMILES string of the molecule is C[C@@H]1CC2C[C@H](OCc3c(-c4c(Cl)cccc4Cl)noc3C3CC3)CC1N2C(=O)N[C@H](C)c1ccccc1. The average Bonchev–Trinajstić information content (AvgIpc) is 3.63. The Morgan fingerprint density at radius 3 is 2.53 bits per heavy atom. The zero-order valence-electron chi connectivity index (χ0n) is 21.7. The van der Waals surface area contributed by atoms with E-state index in [0.29, 0.717) is 39.7 Å². The number of hydrogen-bond donors (Lipinski definition) is 1. The molecule has 2 bridgehead atoms. The molecule has 3 heterocycles. The Morgan fingerprint density at radius 1 is 1.11 bits per heavy atom. The Balaban J connectivity index is 1.16. The van der Waals surface area contributed by atoms with Crippen LogP contribution in [0.4, 0.5) is 4.79 Å². The number of rotatable bonds is 7. The second kappa shape index (κ2) is 10.6. The van der Waals surface area contributed by atoms with Crippen LogP contribution in [0.2, 0.25) is 10.0 Å². The van der Waals surface area contributed by atoms with Gasteiger partial charge in [-0.05, 0) is 62.6 Å². The molecule has 2 aliphatic heterocycles. The van der Waals surface area contributed by atoms with E-state index >= 15 is 0 Å². The number of nitrogens with zero attached hydrogens (tertiary/aromatic N) is 2. The van der Waals surface area contributed by atoms with Crippen LogP contribution in [0.3, 0.4) is 0 Å². The number of aromatic nitrogens is 1. The zero-order chi connectivity index (χ0) is 26.4. The van der Waals surface area contributed by atoms with Crippen LogP contribution < -0.4 is 5.32 Å².